The third kappa shape index (κ3) is 4.13. The van der Waals surface area contributed by atoms with Crippen molar-refractivity contribution < 1.29 is 40.2 Å². The molecule has 0 aliphatic rings. The van der Waals surface area contributed by atoms with Crippen LogP contribution in [0.3, 0.4) is 0 Å². The van der Waals surface area contributed by atoms with E-state index in [1.54, 1.807) is 0 Å². The number of hydrogen-bond donors (Lipinski definition) is 1. The van der Waals surface area contributed by atoms with E-state index >= 15 is 0 Å². The summed E-state index contributed by atoms with van der Waals surface area (Å²) in [4.78, 5) is 10.3. The van der Waals surface area contributed by atoms with Crippen LogP contribution in [0.25, 0.3) is 0 Å². The summed E-state index contributed by atoms with van der Waals surface area (Å²) in [5.74, 6) is -8.57. The first-order valence-electron chi connectivity index (χ1n) is 7.33. The van der Waals surface area contributed by atoms with Crippen molar-refractivity contribution in [1.82, 2.24) is 0 Å². The minimum Gasteiger partial charge on any atom is -0.494 e. The molecule has 11 heteroatoms. The summed E-state index contributed by atoms with van der Waals surface area (Å²) in [5, 5.41) is 0. The molecule has 146 valence electrons. The molecule has 0 saturated heterocycles. The summed E-state index contributed by atoms with van der Waals surface area (Å²) < 4.78 is 90.9. The average molecular weight is 407 g/mol. The second-order valence-electron chi connectivity index (χ2n) is 5.04. The van der Waals surface area contributed by atoms with Crippen molar-refractivity contribution in [2.45, 2.75) is 11.8 Å². The number of carbonyl (C=O) groups is 1. The number of benzene rings is 2. The molecule has 0 aromatic heterocycles. The van der Waals surface area contributed by atoms with Gasteiger partial charge in [0.2, 0.25) is 0 Å². The molecule has 0 unspecified atom stereocenters. The second-order valence-corrected chi connectivity index (χ2v) is 6.69. The van der Waals surface area contributed by atoms with Crippen LogP contribution in [0.1, 0.15) is 17.3 Å². The van der Waals surface area contributed by atoms with Gasteiger partial charge in [0.05, 0.1) is 25.0 Å². The molecule has 0 bridgehead atoms. The van der Waals surface area contributed by atoms with Crippen molar-refractivity contribution in [3.05, 3.63) is 53.1 Å². The number of sulfonamides is 1. The number of anilines is 1. The fourth-order valence-electron chi connectivity index (χ4n) is 2.07. The Kier molecular flexibility index (Phi) is 5.94. The minimum atomic E-state index is -4.84. The summed E-state index contributed by atoms with van der Waals surface area (Å²) in [7, 11) is -3.65. The zero-order valence-electron chi connectivity index (χ0n) is 14.0. The molecular formula is C16H13F4NO5S. The molecule has 0 amide bonds. The number of ether oxygens (including phenoxy) is 2. The molecule has 0 aliphatic carbocycles. The van der Waals surface area contributed by atoms with Gasteiger partial charge in [0.25, 0.3) is 10.0 Å². The molecule has 2 aromatic carbocycles. The number of hydrogen-bond acceptors (Lipinski definition) is 5. The Balaban J connectivity index is 2.52. The Morgan fingerprint density at radius 3 is 2.30 bits per heavy atom. The van der Waals surface area contributed by atoms with Crippen LogP contribution in [-0.2, 0) is 14.8 Å². The first-order chi connectivity index (χ1) is 12.6. The van der Waals surface area contributed by atoms with E-state index in [4.69, 9.17) is 0 Å². The largest absolute Gasteiger partial charge is 0.494 e. The third-order valence-electron chi connectivity index (χ3n) is 3.30. The van der Waals surface area contributed by atoms with E-state index in [0.717, 1.165) is 18.2 Å². The Morgan fingerprint density at radius 1 is 1.07 bits per heavy atom. The van der Waals surface area contributed by atoms with Gasteiger partial charge in [0, 0.05) is 6.07 Å². The van der Waals surface area contributed by atoms with E-state index in [2.05, 4.69) is 9.47 Å². The van der Waals surface area contributed by atoms with E-state index in [9.17, 15) is 30.8 Å². The van der Waals surface area contributed by atoms with Gasteiger partial charge in [-0.25, -0.2) is 30.8 Å². The molecule has 0 aliphatic heterocycles. The molecule has 27 heavy (non-hydrogen) atoms. The first kappa shape index (κ1) is 20.5. The van der Waals surface area contributed by atoms with Crippen molar-refractivity contribution >= 4 is 21.7 Å². The number of carbonyl (C=O) groups excluding carboxylic acids is 1. The van der Waals surface area contributed by atoms with Crippen molar-refractivity contribution in [2.75, 3.05) is 18.4 Å². The van der Waals surface area contributed by atoms with E-state index in [0.29, 0.717) is 6.07 Å². The maximum Gasteiger partial charge on any atom is 0.341 e. The Hall–Kier alpha value is -2.82. The highest BCUT2D eigenvalue weighted by atomic mass is 32.2. The maximum atomic E-state index is 14.0. The molecule has 1 N–H and O–H groups in total. The van der Waals surface area contributed by atoms with Gasteiger partial charge in [-0.3, -0.25) is 4.72 Å². The first-order valence-corrected chi connectivity index (χ1v) is 8.81. The lowest BCUT2D eigenvalue weighted by molar-refractivity contribution is 0.0519. The average Bonchev–Trinajstić information content (AvgIpc) is 2.59. The Morgan fingerprint density at radius 2 is 1.74 bits per heavy atom. The zero-order valence-corrected chi connectivity index (χ0v) is 14.8. The summed E-state index contributed by atoms with van der Waals surface area (Å²) in [6.07, 6.45) is 0. The molecule has 0 spiro atoms. The van der Waals surface area contributed by atoms with Crippen LogP contribution in [0.4, 0.5) is 23.2 Å². The van der Waals surface area contributed by atoms with Crippen LogP contribution in [0, 0.1) is 23.3 Å². The SMILES string of the molecule is CCOC(=O)c1cc(S(=O)(=O)Nc2ccc(OC)c(F)c2)c(F)c(F)c1F. The van der Waals surface area contributed by atoms with Crippen LogP contribution in [0.15, 0.2) is 29.2 Å². The number of esters is 1. The van der Waals surface area contributed by atoms with Crippen LogP contribution < -0.4 is 9.46 Å². The van der Waals surface area contributed by atoms with Gasteiger partial charge >= 0.3 is 5.97 Å². The summed E-state index contributed by atoms with van der Waals surface area (Å²) in [6, 6.07) is 3.23. The summed E-state index contributed by atoms with van der Waals surface area (Å²) >= 11 is 0. The molecule has 0 atom stereocenters. The van der Waals surface area contributed by atoms with Gasteiger partial charge in [-0.15, -0.1) is 0 Å². The fraction of sp³-hybridized carbons (Fsp3) is 0.188. The van der Waals surface area contributed by atoms with Crippen LogP contribution in [-0.4, -0.2) is 28.1 Å². The molecule has 2 rings (SSSR count). The van der Waals surface area contributed by atoms with Gasteiger partial charge in [-0.05, 0) is 25.1 Å². The summed E-state index contributed by atoms with van der Waals surface area (Å²) in [6.45, 7) is 1.18. The van der Waals surface area contributed by atoms with Crippen molar-refractivity contribution in [1.29, 1.82) is 0 Å². The highest BCUT2D eigenvalue weighted by Gasteiger charge is 2.30. The van der Waals surface area contributed by atoms with E-state index < -0.39 is 49.7 Å². The molecule has 0 fully saturated rings. The van der Waals surface area contributed by atoms with Crippen molar-refractivity contribution in [2.24, 2.45) is 0 Å². The smallest absolute Gasteiger partial charge is 0.341 e. The van der Waals surface area contributed by atoms with Gasteiger partial charge in [0.1, 0.15) is 4.90 Å². The van der Waals surface area contributed by atoms with Crippen LogP contribution in [0.2, 0.25) is 0 Å². The van der Waals surface area contributed by atoms with E-state index in [1.807, 2.05) is 4.72 Å². The normalized spacial score (nSPS) is 11.2. The molecule has 6 nitrogen and oxygen atoms in total. The molecule has 0 radical (unpaired) electrons. The predicted octanol–water partition coefficient (Wildman–Crippen LogP) is 3.23. The number of methoxy groups -OCH3 is 1. The second kappa shape index (κ2) is 7.82. The van der Waals surface area contributed by atoms with Crippen LogP contribution in [0.5, 0.6) is 5.75 Å². The number of halogens is 4. The lowest BCUT2D eigenvalue weighted by Crippen LogP contribution is -2.19. The zero-order chi connectivity index (χ0) is 20.4. The standard InChI is InChI=1S/C16H13F4NO5S/c1-3-26-16(22)9-7-12(14(19)15(20)13(9)18)27(23,24)21-8-4-5-11(25-2)10(17)6-8/h4-7,21H,3H2,1-2H3. The van der Waals surface area contributed by atoms with Gasteiger partial charge in [-0.2, -0.15) is 0 Å². The quantitative estimate of drug-likeness (QED) is 0.452. The van der Waals surface area contributed by atoms with Gasteiger partial charge in [0.15, 0.2) is 29.0 Å². The van der Waals surface area contributed by atoms with E-state index in [1.165, 1.54) is 14.0 Å². The molecule has 0 saturated carbocycles. The highest BCUT2D eigenvalue weighted by molar-refractivity contribution is 7.92. The lowest BCUT2D eigenvalue weighted by atomic mass is 10.2. The minimum absolute atomic E-state index is 0.179. The fourth-order valence-corrected chi connectivity index (χ4v) is 3.22. The molecule has 0 heterocycles. The number of rotatable bonds is 6. The highest BCUT2D eigenvalue weighted by Crippen LogP contribution is 2.27. The molecular weight excluding hydrogens is 394 g/mol. The summed E-state index contributed by atoms with van der Waals surface area (Å²) in [5.41, 5.74) is -1.44. The monoisotopic (exact) mass is 407 g/mol. The van der Waals surface area contributed by atoms with Gasteiger partial charge in [-0.1, -0.05) is 0 Å². The topological polar surface area (TPSA) is 81.7 Å². The van der Waals surface area contributed by atoms with Crippen LogP contribution >= 0.6 is 0 Å². The number of nitrogens with one attached hydrogen (secondary N) is 1. The maximum absolute atomic E-state index is 14.0. The van der Waals surface area contributed by atoms with Crippen molar-refractivity contribution in [3.63, 3.8) is 0 Å². The third-order valence-corrected chi connectivity index (χ3v) is 4.68. The van der Waals surface area contributed by atoms with Gasteiger partial charge < -0.3 is 9.47 Å². The van der Waals surface area contributed by atoms with Crippen molar-refractivity contribution in [3.8, 4) is 5.75 Å². The molecule has 2 aromatic rings. The Labute approximate surface area is 151 Å². The Bertz CT molecular complexity index is 995. The predicted molar refractivity (Wildman–Crippen MR) is 86.0 cm³/mol. The lowest BCUT2D eigenvalue weighted by Gasteiger charge is -2.12. The van der Waals surface area contributed by atoms with E-state index in [-0.39, 0.29) is 18.0 Å².